The number of carboxylic acid groups (broad SMARTS) is 3. The minimum absolute atomic E-state index is 0.343. The van der Waals surface area contributed by atoms with Crippen LogP contribution in [0.2, 0.25) is 0 Å². The van der Waals surface area contributed by atoms with E-state index in [-0.39, 0.29) is 0 Å². The average Bonchev–Trinajstić information content (AvgIpc) is 2.35. The molecule has 6 nitrogen and oxygen atoms in total. The van der Waals surface area contributed by atoms with Crippen LogP contribution in [-0.4, -0.2) is 33.2 Å². The highest BCUT2D eigenvalue weighted by Crippen LogP contribution is 2.10. The lowest BCUT2D eigenvalue weighted by Crippen LogP contribution is -1.93. The van der Waals surface area contributed by atoms with Crippen molar-refractivity contribution in [3.05, 3.63) is 0 Å². The number of rotatable bonds is 10. The summed E-state index contributed by atoms with van der Waals surface area (Å²) in [6, 6.07) is 0. The van der Waals surface area contributed by atoms with E-state index in [1.54, 1.807) is 0 Å². The van der Waals surface area contributed by atoms with E-state index in [1.165, 1.54) is 44.9 Å². The van der Waals surface area contributed by atoms with E-state index in [2.05, 4.69) is 6.92 Å². The first-order valence-corrected chi connectivity index (χ1v) is 7.84. The molecule has 0 spiro atoms. The molecule has 0 bridgehead atoms. The van der Waals surface area contributed by atoms with Gasteiger partial charge in [0.25, 0.3) is 11.9 Å². The van der Waals surface area contributed by atoms with E-state index in [4.69, 9.17) is 24.9 Å². The molecule has 0 aliphatic heterocycles. The molecule has 22 heavy (non-hydrogen) atoms. The fourth-order valence-corrected chi connectivity index (χ4v) is 1.59. The van der Waals surface area contributed by atoms with Gasteiger partial charge in [0.15, 0.2) is 0 Å². The lowest BCUT2D eigenvalue weighted by molar-refractivity contribution is -0.137. The number of carbonyl (C=O) groups is 3. The molecule has 0 aliphatic carbocycles. The predicted octanol–water partition coefficient (Wildman–Crippen LogP) is 4.17. The second-order valence-corrected chi connectivity index (χ2v) is 5.01. The fraction of sp³-hybridized carbons (Fsp3) is 0.812. The van der Waals surface area contributed by atoms with E-state index in [0.29, 0.717) is 6.42 Å². The third kappa shape index (κ3) is 63.0. The molecule has 3 N–H and O–H groups in total. The molecule has 6 heteroatoms. The number of unbranched alkanes of at least 4 members (excludes halogenated alkanes) is 8. The lowest BCUT2D eigenvalue weighted by atomic mass is 10.1. The van der Waals surface area contributed by atoms with E-state index in [0.717, 1.165) is 26.7 Å². The summed E-state index contributed by atoms with van der Waals surface area (Å²) in [7, 11) is 0. The number of hydrogen-bond donors (Lipinski definition) is 3. The number of aliphatic carboxylic acids is 3. The van der Waals surface area contributed by atoms with Crippen molar-refractivity contribution in [3.63, 3.8) is 0 Å². The highest BCUT2D eigenvalue weighted by Gasteiger charge is 1.96. The Bertz CT molecular complexity index is 256. The van der Waals surface area contributed by atoms with Crippen LogP contribution in [0, 0.1) is 0 Å². The lowest BCUT2D eigenvalue weighted by Gasteiger charge is -2.00. The zero-order valence-corrected chi connectivity index (χ0v) is 14.1. The smallest absolute Gasteiger partial charge is 0.303 e. The predicted molar refractivity (Wildman–Crippen MR) is 86.1 cm³/mol. The van der Waals surface area contributed by atoms with Crippen LogP contribution in [0.3, 0.4) is 0 Å². The normalized spacial score (nSPS) is 8.86. The average molecular weight is 320 g/mol. The minimum Gasteiger partial charge on any atom is -0.481 e. The Morgan fingerprint density at radius 2 is 0.909 bits per heavy atom. The van der Waals surface area contributed by atoms with Gasteiger partial charge in [-0.25, -0.2) is 0 Å². The summed E-state index contributed by atoms with van der Waals surface area (Å²) in [6.45, 7) is 4.39. The summed E-state index contributed by atoms with van der Waals surface area (Å²) in [5.74, 6) is -2.33. The summed E-state index contributed by atoms with van der Waals surface area (Å²) in [6.07, 6.45) is 11.5. The van der Waals surface area contributed by atoms with Crippen LogP contribution >= 0.6 is 0 Å². The standard InChI is InChI=1S/C12H24O2.2C2H4O2/c1-2-3-4-5-6-7-8-9-10-11-12(13)14;2*1-2(3)4/h2-11H2,1H3,(H,13,14);2*1H3,(H,3,4). The Morgan fingerprint density at radius 3 is 1.18 bits per heavy atom. The van der Waals surface area contributed by atoms with E-state index >= 15 is 0 Å². The zero-order chi connectivity index (χ0) is 17.8. The molecule has 0 aromatic rings. The van der Waals surface area contributed by atoms with Crippen molar-refractivity contribution in [3.8, 4) is 0 Å². The van der Waals surface area contributed by atoms with Crippen LogP contribution in [0.5, 0.6) is 0 Å². The van der Waals surface area contributed by atoms with Gasteiger partial charge in [0, 0.05) is 20.3 Å². The molecule has 0 aromatic carbocycles. The first-order valence-electron chi connectivity index (χ1n) is 7.84. The van der Waals surface area contributed by atoms with Crippen LogP contribution < -0.4 is 0 Å². The number of hydrogen-bond acceptors (Lipinski definition) is 3. The van der Waals surface area contributed by atoms with Gasteiger partial charge >= 0.3 is 5.97 Å². The number of carboxylic acids is 3. The van der Waals surface area contributed by atoms with Crippen molar-refractivity contribution >= 4 is 17.9 Å². The van der Waals surface area contributed by atoms with Gasteiger partial charge in [-0.1, -0.05) is 58.3 Å². The fourth-order valence-electron chi connectivity index (χ4n) is 1.59. The molecule has 0 rings (SSSR count). The third-order valence-corrected chi connectivity index (χ3v) is 2.49. The third-order valence-electron chi connectivity index (χ3n) is 2.49. The van der Waals surface area contributed by atoms with Crippen molar-refractivity contribution in [2.75, 3.05) is 0 Å². The van der Waals surface area contributed by atoms with Crippen LogP contribution in [0.25, 0.3) is 0 Å². The molecule has 0 amide bonds. The van der Waals surface area contributed by atoms with Gasteiger partial charge in [-0.3, -0.25) is 14.4 Å². The molecular formula is C16H32O6. The molecule has 132 valence electrons. The van der Waals surface area contributed by atoms with Gasteiger partial charge in [0.2, 0.25) is 0 Å². The molecule has 0 aromatic heterocycles. The van der Waals surface area contributed by atoms with Crippen molar-refractivity contribution in [1.29, 1.82) is 0 Å². The van der Waals surface area contributed by atoms with E-state index in [1.807, 2.05) is 0 Å². The van der Waals surface area contributed by atoms with Crippen molar-refractivity contribution < 1.29 is 29.7 Å². The largest absolute Gasteiger partial charge is 0.481 e. The highest BCUT2D eigenvalue weighted by molar-refractivity contribution is 5.66. The molecule has 0 radical (unpaired) electrons. The minimum atomic E-state index is -0.833. The second-order valence-electron chi connectivity index (χ2n) is 5.01. The summed E-state index contributed by atoms with van der Waals surface area (Å²) >= 11 is 0. The first-order chi connectivity index (χ1) is 10.2. The maximum Gasteiger partial charge on any atom is 0.303 e. The summed E-state index contributed by atoms with van der Waals surface area (Å²) < 4.78 is 0. The van der Waals surface area contributed by atoms with Crippen LogP contribution in [0.1, 0.15) is 85.0 Å². The van der Waals surface area contributed by atoms with Gasteiger partial charge in [0.1, 0.15) is 0 Å². The van der Waals surface area contributed by atoms with Crippen molar-refractivity contribution in [2.45, 2.75) is 85.0 Å². The molecule has 0 atom stereocenters. The molecule has 0 saturated heterocycles. The zero-order valence-electron chi connectivity index (χ0n) is 14.1. The van der Waals surface area contributed by atoms with Crippen LogP contribution in [-0.2, 0) is 14.4 Å². The van der Waals surface area contributed by atoms with E-state index in [9.17, 15) is 4.79 Å². The Hall–Kier alpha value is -1.59. The Balaban J connectivity index is -0.000000372. The topological polar surface area (TPSA) is 112 Å². The molecule has 0 fully saturated rings. The van der Waals surface area contributed by atoms with Gasteiger partial charge in [-0.15, -0.1) is 0 Å². The van der Waals surface area contributed by atoms with Crippen LogP contribution in [0.4, 0.5) is 0 Å². The first kappa shape index (κ1) is 25.4. The van der Waals surface area contributed by atoms with Gasteiger partial charge in [-0.05, 0) is 6.42 Å². The quantitative estimate of drug-likeness (QED) is 0.521. The maximum atomic E-state index is 10.2. The van der Waals surface area contributed by atoms with Crippen molar-refractivity contribution in [2.24, 2.45) is 0 Å². The molecular weight excluding hydrogens is 288 g/mol. The maximum absolute atomic E-state index is 10.2. The molecule has 0 unspecified atom stereocenters. The SMILES string of the molecule is CC(=O)O.CC(=O)O.CCCCCCCCCCCC(=O)O. The highest BCUT2D eigenvalue weighted by atomic mass is 16.4. The van der Waals surface area contributed by atoms with Gasteiger partial charge in [-0.2, -0.15) is 0 Å². The monoisotopic (exact) mass is 320 g/mol. The Labute approximate surface area is 133 Å². The van der Waals surface area contributed by atoms with Gasteiger partial charge in [0.05, 0.1) is 0 Å². The molecule has 0 aliphatic rings. The Morgan fingerprint density at radius 1 is 0.636 bits per heavy atom. The van der Waals surface area contributed by atoms with Gasteiger partial charge < -0.3 is 15.3 Å². The summed E-state index contributed by atoms with van der Waals surface area (Å²) in [5, 5.41) is 23.2. The van der Waals surface area contributed by atoms with Crippen LogP contribution in [0.15, 0.2) is 0 Å². The summed E-state index contributed by atoms with van der Waals surface area (Å²) in [5.41, 5.74) is 0. The summed E-state index contributed by atoms with van der Waals surface area (Å²) in [4.78, 5) is 28.2. The second kappa shape index (κ2) is 21.7. The molecule has 0 heterocycles. The van der Waals surface area contributed by atoms with Crippen molar-refractivity contribution in [1.82, 2.24) is 0 Å². The van der Waals surface area contributed by atoms with E-state index < -0.39 is 17.9 Å². The molecule has 0 saturated carbocycles. The Kier molecular flexibility index (Phi) is 25.0.